The van der Waals surface area contributed by atoms with E-state index >= 15 is 0 Å². The molecule has 7 heteroatoms. The molecule has 1 aromatic heterocycles. The average Bonchev–Trinajstić information content (AvgIpc) is 2.45. The Balaban J connectivity index is 2.46. The molecule has 0 aliphatic heterocycles. The number of nitrogens with one attached hydrogen (secondary N) is 1. The molecule has 0 aliphatic rings. The van der Waals surface area contributed by atoms with E-state index in [-0.39, 0.29) is 16.8 Å². The summed E-state index contributed by atoms with van der Waals surface area (Å²) in [4.78, 5) is 25.4. The molecular formula is C14H10F3NO3. The Hall–Kier alpha value is -2.57. The number of hydrogen-bond donors (Lipinski definition) is 1. The highest BCUT2D eigenvalue weighted by atomic mass is 19.4. The first-order valence-electron chi connectivity index (χ1n) is 5.82. The topological polar surface area (TPSA) is 59.2 Å². The summed E-state index contributed by atoms with van der Waals surface area (Å²) < 4.78 is 42.4. The maximum atomic E-state index is 12.6. The molecule has 0 bridgehead atoms. The zero-order valence-electron chi connectivity index (χ0n) is 10.8. The largest absolute Gasteiger partial charge is 0.465 e. The van der Waals surface area contributed by atoms with Crippen LogP contribution in [0.4, 0.5) is 13.2 Å². The Morgan fingerprint density at radius 2 is 1.90 bits per heavy atom. The average molecular weight is 297 g/mol. The lowest BCUT2D eigenvalue weighted by molar-refractivity contribution is -0.137. The number of carbonyl (C=O) groups excluding carboxylic acids is 1. The predicted octanol–water partition coefficient (Wildman–Crippen LogP) is 2.85. The summed E-state index contributed by atoms with van der Waals surface area (Å²) in [6.07, 6.45) is -4.47. The van der Waals surface area contributed by atoms with Crippen molar-refractivity contribution in [3.8, 4) is 11.3 Å². The van der Waals surface area contributed by atoms with Gasteiger partial charge in [-0.3, -0.25) is 4.79 Å². The van der Waals surface area contributed by atoms with Crippen molar-refractivity contribution in [2.45, 2.75) is 6.18 Å². The summed E-state index contributed by atoms with van der Waals surface area (Å²) in [5.74, 6) is -0.813. The Kier molecular flexibility index (Phi) is 3.84. The highest BCUT2D eigenvalue weighted by Gasteiger charge is 2.30. The van der Waals surface area contributed by atoms with Crippen molar-refractivity contribution < 1.29 is 22.7 Å². The van der Waals surface area contributed by atoms with Gasteiger partial charge in [-0.1, -0.05) is 12.1 Å². The van der Waals surface area contributed by atoms with E-state index in [1.807, 2.05) is 0 Å². The fraction of sp³-hybridized carbons (Fsp3) is 0.143. The van der Waals surface area contributed by atoms with Gasteiger partial charge in [-0.15, -0.1) is 0 Å². The minimum atomic E-state index is -4.47. The van der Waals surface area contributed by atoms with E-state index in [1.165, 1.54) is 24.3 Å². The molecule has 0 radical (unpaired) electrons. The van der Waals surface area contributed by atoms with Crippen LogP contribution >= 0.6 is 0 Å². The quantitative estimate of drug-likeness (QED) is 0.867. The smallest absolute Gasteiger partial charge is 0.416 e. The van der Waals surface area contributed by atoms with Crippen molar-refractivity contribution in [3.63, 3.8) is 0 Å². The maximum Gasteiger partial charge on any atom is 0.416 e. The van der Waals surface area contributed by atoms with Gasteiger partial charge < -0.3 is 9.72 Å². The number of pyridine rings is 1. The Morgan fingerprint density at radius 3 is 2.48 bits per heavy atom. The lowest BCUT2D eigenvalue weighted by atomic mass is 10.1. The molecule has 1 aromatic carbocycles. The second kappa shape index (κ2) is 5.43. The van der Waals surface area contributed by atoms with E-state index in [4.69, 9.17) is 0 Å². The number of carbonyl (C=O) groups is 1. The number of hydrogen-bond acceptors (Lipinski definition) is 3. The molecule has 0 amide bonds. The molecule has 110 valence electrons. The fourth-order valence-electron chi connectivity index (χ4n) is 1.78. The molecule has 2 rings (SSSR count). The number of esters is 1. The molecule has 2 aromatic rings. The van der Waals surface area contributed by atoms with Crippen molar-refractivity contribution in [1.82, 2.24) is 4.98 Å². The number of alkyl halides is 3. The highest BCUT2D eigenvalue weighted by Crippen LogP contribution is 2.31. The van der Waals surface area contributed by atoms with E-state index in [1.54, 1.807) is 0 Å². The second-order valence-corrected chi connectivity index (χ2v) is 4.18. The Morgan fingerprint density at radius 1 is 1.19 bits per heavy atom. The third-order valence-corrected chi connectivity index (χ3v) is 2.82. The van der Waals surface area contributed by atoms with Gasteiger partial charge in [0.2, 0.25) is 0 Å². The van der Waals surface area contributed by atoms with Crippen molar-refractivity contribution in [2.75, 3.05) is 7.11 Å². The molecule has 0 aliphatic carbocycles. The molecule has 0 spiro atoms. The van der Waals surface area contributed by atoms with Crippen LogP contribution in [0.2, 0.25) is 0 Å². The summed E-state index contributed by atoms with van der Waals surface area (Å²) >= 11 is 0. The Labute approximate surface area is 117 Å². The standard InChI is InChI=1S/C14H10F3NO3/c1-21-13(20)10-5-6-11(18-12(10)19)8-3-2-4-9(7-8)14(15,16)17/h2-7H,1H3,(H,18,19). The first-order valence-corrected chi connectivity index (χ1v) is 5.82. The highest BCUT2D eigenvalue weighted by molar-refractivity contribution is 5.89. The van der Waals surface area contributed by atoms with Gasteiger partial charge in [-0.25, -0.2) is 4.79 Å². The minimum Gasteiger partial charge on any atom is -0.465 e. The lowest BCUT2D eigenvalue weighted by Crippen LogP contribution is -2.18. The van der Waals surface area contributed by atoms with Gasteiger partial charge >= 0.3 is 12.1 Å². The number of ether oxygens (including phenoxy) is 1. The number of methoxy groups -OCH3 is 1. The summed E-state index contributed by atoms with van der Waals surface area (Å²) in [6, 6.07) is 7.08. The van der Waals surface area contributed by atoms with Crippen LogP contribution in [-0.4, -0.2) is 18.1 Å². The lowest BCUT2D eigenvalue weighted by Gasteiger charge is -2.09. The number of rotatable bonds is 2. The second-order valence-electron chi connectivity index (χ2n) is 4.18. The van der Waals surface area contributed by atoms with E-state index in [0.717, 1.165) is 19.2 Å². The van der Waals surface area contributed by atoms with Crippen molar-refractivity contribution in [1.29, 1.82) is 0 Å². The predicted molar refractivity (Wildman–Crippen MR) is 68.8 cm³/mol. The van der Waals surface area contributed by atoms with Crippen molar-refractivity contribution in [2.24, 2.45) is 0 Å². The first-order chi connectivity index (χ1) is 9.82. The van der Waals surface area contributed by atoms with Gasteiger partial charge in [0.1, 0.15) is 5.56 Å². The van der Waals surface area contributed by atoms with Crippen LogP contribution in [0.3, 0.4) is 0 Å². The van der Waals surface area contributed by atoms with Gasteiger partial charge in [0, 0.05) is 5.69 Å². The molecule has 21 heavy (non-hydrogen) atoms. The van der Waals surface area contributed by atoms with Crippen molar-refractivity contribution >= 4 is 5.97 Å². The van der Waals surface area contributed by atoms with Crippen LogP contribution in [0.5, 0.6) is 0 Å². The number of benzene rings is 1. The first kappa shape index (κ1) is 14.8. The van der Waals surface area contributed by atoms with Crippen LogP contribution < -0.4 is 5.56 Å². The number of halogens is 3. The van der Waals surface area contributed by atoms with E-state index in [0.29, 0.717) is 0 Å². The summed E-state index contributed by atoms with van der Waals surface area (Å²) in [5.41, 5.74) is -1.39. The van der Waals surface area contributed by atoms with Crippen LogP contribution in [0.15, 0.2) is 41.2 Å². The van der Waals surface area contributed by atoms with E-state index in [9.17, 15) is 22.8 Å². The van der Waals surface area contributed by atoms with Crippen LogP contribution in [0.1, 0.15) is 15.9 Å². The number of aromatic amines is 1. The molecule has 1 heterocycles. The fourth-order valence-corrected chi connectivity index (χ4v) is 1.78. The van der Waals surface area contributed by atoms with Gasteiger partial charge in [-0.2, -0.15) is 13.2 Å². The van der Waals surface area contributed by atoms with Gasteiger partial charge in [0.15, 0.2) is 0 Å². The SMILES string of the molecule is COC(=O)c1ccc(-c2cccc(C(F)(F)F)c2)[nH]c1=O. The normalized spacial score (nSPS) is 11.2. The van der Waals surface area contributed by atoms with Gasteiger partial charge in [0.25, 0.3) is 5.56 Å². The third kappa shape index (κ3) is 3.13. The van der Waals surface area contributed by atoms with Crippen LogP contribution in [0, 0.1) is 0 Å². The third-order valence-electron chi connectivity index (χ3n) is 2.82. The molecule has 0 unspecified atom stereocenters. The van der Waals surface area contributed by atoms with Crippen LogP contribution in [-0.2, 0) is 10.9 Å². The zero-order chi connectivity index (χ0) is 15.6. The summed E-state index contributed by atoms with van der Waals surface area (Å²) in [7, 11) is 1.13. The molecule has 0 saturated carbocycles. The molecular weight excluding hydrogens is 287 g/mol. The number of aromatic nitrogens is 1. The minimum absolute atomic E-state index is 0.179. The zero-order valence-corrected chi connectivity index (χ0v) is 10.8. The molecule has 1 N–H and O–H groups in total. The van der Waals surface area contributed by atoms with E-state index in [2.05, 4.69) is 9.72 Å². The van der Waals surface area contributed by atoms with E-state index < -0.39 is 23.3 Å². The summed E-state index contributed by atoms with van der Waals surface area (Å²) in [5, 5.41) is 0. The van der Waals surface area contributed by atoms with Crippen LogP contribution in [0.25, 0.3) is 11.3 Å². The molecule has 4 nitrogen and oxygen atoms in total. The molecule has 0 atom stereocenters. The monoisotopic (exact) mass is 297 g/mol. The Bertz CT molecular complexity index is 735. The van der Waals surface area contributed by atoms with Gasteiger partial charge in [-0.05, 0) is 29.8 Å². The summed E-state index contributed by atoms with van der Waals surface area (Å²) in [6.45, 7) is 0. The van der Waals surface area contributed by atoms with Crippen molar-refractivity contribution in [3.05, 3.63) is 57.9 Å². The molecule has 0 fully saturated rings. The number of H-pyrrole nitrogens is 1. The maximum absolute atomic E-state index is 12.6. The van der Waals surface area contributed by atoms with Gasteiger partial charge in [0.05, 0.1) is 12.7 Å². The molecule has 0 saturated heterocycles.